The lowest BCUT2D eigenvalue weighted by Crippen LogP contribution is -1.99. The minimum absolute atomic E-state index is 0.107. The molecule has 0 fully saturated rings. The predicted octanol–water partition coefficient (Wildman–Crippen LogP) is 1.68. The van der Waals surface area contributed by atoms with Crippen LogP contribution >= 0.6 is 15.9 Å². The SMILES string of the molecule is NOCc1cc(F)c(O)c(Br)c1. The van der Waals surface area contributed by atoms with Crippen molar-refractivity contribution in [2.75, 3.05) is 0 Å². The summed E-state index contributed by atoms with van der Waals surface area (Å²) >= 11 is 2.98. The van der Waals surface area contributed by atoms with Gasteiger partial charge in [-0.05, 0) is 33.6 Å². The molecule has 0 unspecified atom stereocenters. The summed E-state index contributed by atoms with van der Waals surface area (Å²) in [6.07, 6.45) is 0. The van der Waals surface area contributed by atoms with Crippen LogP contribution in [0.4, 0.5) is 4.39 Å². The molecule has 1 aromatic rings. The lowest BCUT2D eigenvalue weighted by molar-refractivity contribution is 0.124. The van der Waals surface area contributed by atoms with Crippen LogP contribution in [0.3, 0.4) is 0 Å². The fourth-order valence-electron chi connectivity index (χ4n) is 0.798. The van der Waals surface area contributed by atoms with Gasteiger partial charge in [0.2, 0.25) is 0 Å². The number of phenols is 1. The lowest BCUT2D eigenvalue weighted by Gasteiger charge is -2.02. The van der Waals surface area contributed by atoms with Crippen LogP contribution in [0.1, 0.15) is 5.56 Å². The third-order valence-corrected chi connectivity index (χ3v) is 1.93. The van der Waals surface area contributed by atoms with Gasteiger partial charge in [0.25, 0.3) is 0 Å². The molecule has 0 spiro atoms. The lowest BCUT2D eigenvalue weighted by atomic mass is 10.2. The molecular weight excluding hydrogens is 229 g/mol. The van der Waals surface area contributed by atoms with E-state index in [9.17, 15) is 4.39 Å². The van der Waals surface area contributed by atoms with Crippen molar-refractivity contribution in [1.29, 1.82) is 0 Å². The van der Waals surface area contributed by atoms with Crippen LogP contribution in [0.5, 0.6) is 5.75 Å². The van der Waals surface area contributed by atoms with Crippen molar-refractivity contribution >= 4 is 15.9 Å². The van der Waals surface area contributed by atoms with Gasteiger partial charge in [-0.2, -0.15) is 0 Å². The van der Waals surface area contributed by atoms with Gasteiger partial charge in [0.1, 0.15) is 0 Å². The van der Waals surface area contributed by atoms with Gasteiger partial charge in [-0.3, -0.25) is 4.84 Å². The van der Waals surface area contributed by atoms with E-state index >= 15 is 0 Å². The molecule has 0 amide bonds. The number of hydrogen-bond acceptors (Lipinski definition) is 3. The Bertz CT molecular complexity index is 270. The third kappa shape index (κ3) is 1.94. The van der Waals surface area contributed by atoms with Crippen LogP contribution in [0.25, 0.3) is 0 Å². The van der Waals surface area contributed by atoms with Gasteiger partial charge in [0.05, 0.1) is 11.1 Å². The second kappa shape index (κ2) is 3.84. The number of hydrogen-bond donors (Lipinski definition) is 2. The summed E-state index contributed by atoms with van der Waals surface area (Å²) in [6.45, 7) is 0.107. The minimum Gasteiger partial charge on any atom is -0.504 e. The van der Waals surface area contributed by atoms with Gasteiger partial charge in [-0.15, -0.1) is 0 Å². The van der Waals surface area contributed by atoms with Crippen LogP contribution < -0.4 is 5.90 Å². The first-order valence-electron chi connectivity index (χ1n) is 3.13. The van der Waals surface area contributed by atoms with Gasteiger partial charge in [-0.25, -0.2) is 10.3 Å². The molecule has 0 radical (unpaired) electrons. The molecule has 3 N–H and O–H groups in total. The third-order valence-electron chi connectivity index (χ3n) is 1.33. The molecule has 0 saturated heterocycles. The van der Waals surface area contributed by atoms with Crippen LogP contribution in [0.2, 0.25) is 0 Å². The zero-order chi connectivity index (χ0) is 9.14. The van der Waals surface area contributed by atoms with E-state index in [4.69, 9.17) is 11.0 Å². The zero-order valence-electron chi connectivity index (χ0n) is 6.05. The Morgan fingerprint density at radius 2 is 2.25 bits per heavy atom. The maximum atomic E-state index is 12.8. The first-order chi connectivity index (χ1) is 5.65. The number of nitrogens with two attached hydrogens (primary N) is 1. The van der Waals surface area contributed by atoms with Gasteiger partial charge < -0.3 is 5.11 Å². The van der Waals surface area contributed by atoms with E-state index < -0.39 is 11.6 Å². The molecule has 12 heavy (non-hydrogen) atoms. The summed E-state index contributed by atoms with van der Waals surface area (Å²) in [7, 11) is 0. The molecule has 0 aliphatic rings. The Morgan fingerprint density at radius 3 is 2.75 bits per heavy atom. The Hall–Kier alpha value is -0.650. The number of phenolic OH excluding ortho intramolecular Hbond substituents is 1. The minimum atomic E-state index is -0.698. The van der Waals surface area contributed by atoms with Crippen molar-refractivity contribution < 1.29 is 14.3 Å². The highest BCUT2D eigenvalue weighted by molar-refractivity contribution is 9.10. The standard InChI is InChI=1S/C7H7BrFNO2/c8-5-1-4(3-12-10)2-6(9)7(5)11/h1-2,11H,3,10H2. The topological polar surface area (TPSA) is 55.5 Å². The molecule has 0 aliphatic carbocycles. The smallest absolute Gasteiger partial charge is 0.166 e. The number of benzene rings is 1. The molecule has 1 rings (SSSR count). The summed E-state index contributed by atoms with van der Waals surface area (Å²) in [5.74, 6) is 3.69. The number of rotatable bonds is 2. The Balaban J connectivity index is 3.04. The van der Waals surface area contributed by atoms with E-state index in [0.29, 0.717) is 5.56 Å². The summed E-state index contributed by atoms with van der Waals surface area (Å²) in [4.78, 5) is 4.31. The van der Waals surface area contributed by atoms with Crippen molar-refractivity contribution in [3.8, 4) is 5.75 Å². The van der Waals surface area contributed by atoms with E-state index in [1.807, 2.05) is 0 Å². The van der Waals surface area contributed by atoms with E-state index in [2.05, 4.69) is 20.8 Å². The normalized spacial score (nSPS) is 10.2. The van der Waals surface area contributed by atoms with Gasteiger partial charge in [0.15, 0.2) is 11.6 Å². The zero-order valence-corrected chi connectivity index (χ0v) is 7.64. The van der Waals surface area contributed by atoms with Crippen molar-refractivity contribution in [3.63, 3.8) is 0 Å². The first-order valence-corrected chi connectivity index (χ1v) is 3.93. The highest BCUT2D eigenvalue weighted by Crippen LogP contribution is 2.28. The largest absolute Gasteiger partial charge is 0.504 e. The molecule has 0 atom stereocenters. The van der Waals surface area contributed by atoms with Crippen LogP contribution in [-0.2, 0) is 11.4 Å². The second-order valence-electron chi connectivity index (χ2n) is 2.22. The van der Waals surface area contributed by atoms with Gasteiger partial charge >= 0.3 is 0 Å². The summed E-state index contributed by atoms with van der Waals surface area (Å²) in [5.41, 5.74) is 0.555. The fourth-order valence-corrected chi connectivity index (χ4v) is 1.28. The van der Waals surface area contributed by atoms with Crippen LogP contribution in [-0.4, -0.2) is 5.11 Å². The molecule has 5 heteroatoms. The average Bonchev–Trinajstić information content (AvgIpc) is 2.01. The van der Waals surface area contributed by atoms with Crippen molar-refractivity contribution in [1.82, 2.24) is 0 Å². The van der Waals surface area contributed by atoms with Crippen molar-refractivity contribution in [3.05, 3.63) is 28.0 Å². The molecular formula is C7H7BrFNO2. The maximum absolute atomic E-state index is 12.8. The van der Waals surface area contributed by atoms with Crippen LogP contribution in [0.15, 0.2) is 16.6 Å². The molecule has 1 aromatic carbocycles. The fraction of sp³-hybridized carbons (Fsp3) is 0.143. The molecule has 0 heterocycles. The average molecular weight is 236 g/mol. The molecule has 66 valence electrons. The molecule has 0 saturated carbocycles. The molecule has 0 aromatic heterocycles. The van der Waals surface area contributed by atoms with E-state index in [1.54, 1.807) is 0 Å². The summed E-state index contributed by atoms with van der Waals surface area (Å²) < 4.78 is 13.1. The Kier molecular flexibility index (Phi) is 3.02. The number of aromatic hydroxyl groups is 1. The van der Waals surface area contributed by atoms with E-state index in [-0.39, 0.29) is 11.1 Å². The maximum Gasteiger partial charge on any atom is 0.166 e. The van der Waals surface area contributed by atoms with Crippen molar-refractivity contribution in [2.45, 2.75) is 6.61 Å². The predicted molar refractivity (Wildman–Crippen MR) is 44.7 cm³/mol. The molecule has 3 nitrogen and oxygen atoms in total. The Labute approximate surface area is 77.0 Å². The molecule has 0 aliphatic heterocycles. The van der Waals surface area contributed by atoms with Crippen molar-refractivity contribution in [2.24, 2.45) is 5.90 Å². The highest BCUT2D eigenvalue weighted by atomic mass is 79.9. The quantitative estimate of drug-likeness (QED) is 0.768. The first kappa shape index (κ1) is 9.44. The Morgan fingerprint density at radius 1 is 1.58 bits per heavy atom. The van der Waals surface area contributed by atoms with E-state index in [0.717, 1.165) is 6.07 Å². The van der Waals surface area contributed by atoms with Gasteiger partial charge in [-0.1, -0.05) is 0 Å². The van der Waals surface area contributed by atoms with Crippen LogP contribution in [0, 0.1) is 5.82 Å². The molecule has 0 bridgehead atoms. The summed E-state index contributed by atoms with van der Waals surface area (Å²) in [6, 6.07) is 2.69. The van der Waals surface area contributed by atoms with Gasteiger partial charge in [0, 0.05) is 0 Å². The second-order valence-corrected chi connectivity index (χ2v) is 3.07. The highest BCUT2D eigenvalue weighted by Gasteiger charge is 2.06. The number of halogens is 2. The summed E-state index contributed by atoms with van der Waals surface area (Å²) in [5, 5.41) is 9.01. The van der Waals surface area contributed by atoms with E-state index in [1.165, 1.54) is 6.07 Å². The monoisotopic (exact) mass is 235 g/mol.